The van der Waals surface area contributed by atoms with Gasteiger partial charge in [-0.15, -0.1) is 11.3 Å². The molecule has 0 aliphatic carbocycles. The molecule has 2 N–H and O–H groups in total. The van der Waals surface area contributed by atoms with Crippen LogP contribution in [-0.2, 0) is 11.2 Å². The largest absolute Gasteiger partial charge is 0.372 e. The van der Waals surface area contributed by atoms with Gasteiger partial charge >= 0.3 is 0 Å². The van der Waals surface area contributed by atoms with E-state index in [9.17, 15) is 9.59 Å². The number of benzene rings is 2. The molecule has 0 saturated carbocycles. The minimum atomic E-state index is -0.671. The summed E-state index contributed by atoms with van der Waals surface area (Å²) in [6.07, 6.45) is 2.85. The van der Waals surface area contributed by atoms with Crippen LogP contribution < -0.4 is 15.5 Å². The van der Waals surface area contributed by atoms with Crippen molar-refractivity contribution >= 4 is 34.5 Å². The summed E-state index contributed by atoms with van der Waals surface area (Å²) in [7, 11) is 0. The van der Waals surface area contributed by atoms with Crippen molar-refractivity contribution in [2.45, 2.75) is 32.2 Å². The van der Waals surface area contributed by atoms with E-state index >= 15 is 0 Å². The van der Waals surface area contributed by atoms with E-state index < -0.39 is 6.04 Å². The average Bonchev–Trinajstić information content (AvgIpc) is 3.36. The molecular formula is C26H29N3O2S. The van der Waals surface area contributed by atoms with Gasteiger partial charge < -0.3 is 15.5 Å². The zero-order chi connectivity index (χ0) is 22.3. The molecule has 0 radical (unpaired) electrons. The van der Waals surface area contributed by atoms with Gasteiger partial charge in [0.1, 0.15) is 6.04 Å². The van der Waals surface area contributed by atoms with Crippen molar-refractivity contribution in [2.24, 2.45) is 5.92 Å². The van der Waals surface area contributed by atoms with Gasteiger partial charge in [0.2, 0.25) is 5.91 Å². The van der Waals surface area contributed by atoms with Crippen LogP contribution in [0.5, 0.6) is 0 Å². The van der Waals surface area contributed by atoms with Gasteiger partial charge in [-0.3, -0.25) is 9.59 Å². The lowest BCUT2D eigenvalue weighted by atomic mass is 9.99. The molecule has 2 heterocycles. The fourth-order valence-electron chi connectivity index (χ4n) is 3.95. The molecule has 166 valence electrons. The molecule has 5 nitrogen and oxygen atoms in total. The molecule has 0 bridgehead atoms. The number of piperidine rings is 1. The molecule has 1 saturated heterocycles. The highest BCUT2D eigenvalue weighted by Gasteiger charge is 2.23. The minimum Gasteiger partial charge on any atom is -0.372 e. The lowest BCUT2D eigenvalue weighted by Gasteiger charge is -2.32. The predicted octanol–water partition coefficient (Wildman–Crippen LogP) is 4.96. The number of rotatable bonds is 7. The quantitative estimate of drug-likeness (QED) is 0.538. The molecular weight excluding hydrogens is 418 g/mol. The summed E-state index contributed by atoms with van der Waals surface area (Å²) in [4.78, 5) is 28.7. The molecule has 2 aromatic carbocycles. The van der Waals surface area contributed by atoms with Crippen molar-refractivity contribution in [3.63, 3.8) is 0 Å². The second-order valence-corrected chi connectivity index (χ2v) is 9.35. The molecule has 1 aliphatic rings. The monoisotopic (exact) mass is 447 g/mol. The smallest absolute Gasteiger partial charge is 0.262 e. The molecule has 1 aromatic heterocycles. The van der Waals surface area contributed by atoms with E-state index in [1.54, 1.807) is 6.07 Å². The molecule has 1 fully saturated rings. The predicted molar refractivity (Wildman–Crippen MR) is 131 cm³/mol. The zero-order valence-electron chi connectivity index (χ0n) is 18.3. The molecule has 0 unspecified atom stereocenters. The maximum Gasteiger partial charge on any atom is 0.262 e. The maximum atomic E-state index is 13.1. The van der Waals surface area contributed by atoms with Crippen molar-refractivity contribution in [3.05, 3.63) is 82.6 Å². The van der Waals surface area contributed by atoms with Crippen LogP contribution in [0.15, 0.2) is 72.1 Å². The number of amides is 2. The number of carbonyl (C=O) groups is 2. The Morgan fingerprint density at radius 2 is 1.72 bits per heavy atom. The Labute approximate surface area is 193 Å². The zero-order valence-corrected chi connectivity index (χ0v) is 19.1. The lowest BCUT2D eigenvalue weighted by Crippen LogP contribution is -2.45. The standard InChI is InChI=1S/C26H29N3O2S/c1-19-13-15-29(16-14-19)22-11-9-21(10-12-22)27-25(30)23(18-20-6-3-2-4-7-20)28-26(31)24-8-5-17-32-24/h2-12,17,19,23H,13-16,18H2,1H3,(H,27,30)(H,28,31)/t23-/m0/s1. The Bertz CT molecular complexity index is 1010. The van der Waals surface area contributed by atoms with Gasteiger partial charge in [-0.2, -0.15) is 0 Å². The highest BCUT2D eigenvalue weighted by molar-refractivity contribution is 7.12. The van der Waals surface area contributed by atoms with Crippen molar-refractivity contribution in [2.75, 3.05) is 23.3 Å². The van der Waals surface area contributed by atoms with Crippen molar-refractivity contribution < 1.29 is 9.59 Å². The summed E-state index contributed by atoms with van der Waals surface area (Å²) in [5.74, 6) is 0.333. The van der Waals surface area contributed by atoms with Crippen LogP contribution in [-0.4, -0.2) is 30.9 Å². The summed E-state index contributed by atoms with van der Waals surface area (Å²) >= 11 is 1.36. The van der Waals surface area contributed by atoms with Gasteiger partial charge in [0.05, 0.1) is 4.88 Å². The molecule has 2 amide bonds. The van der Waals surface area contributed by atoms with Gasteiger partial charge in [0.25, 0.3) is 5.91 Å². The van der Waals surface area contributed by atoms with Crippen LogP contribution in [0.3, 0.4) is 0 Å². The first-order valence-corrected chi connectivity index (χ1v) is 12.0. The molecule has 32 heavy (non-hydrogen) atoms. The molecule has 1 atom stereocenters. The first-order valence-electron chi connectivity index (χ1n) is 11.1. The minimum absolute atomic E-state index is 0.224. The molecule has 0 spiro atoms. The Hall–Kier alpha value is -3.12. The average molecular weight is 448 g/mol. The summed E-state index contributed by atoms with van der Waals surface area (Å²) in [6, 6.07) is 20.6. The number of hydrogen-bond donors (Lipinski definition) is 2. The molecule has 3 aromatic rings. The first-order chi connectivity index (χ1) is 15.6. The summed E-state index contributed by atoms with van der Waals surface area (Å²) < 4.78 is 0. The highest BCUT2D eigenvalue weighted by Crippen LogP contribution is 2.24. The van der Waals surface area contributed by atoms with E-state index in [0.717, 1.165) is 30.3 Å². The molecule has 4 rings (SSSR count). The number of anilines is 2. The van der Waals surface area contributed by atoms with Crippen molar-refractivity contribution in [1.82, 2.24) is 5.32 Å². The lowest BCUT2D eigenvalue weighted by molar-refractivity contribution is -0.118. The molecule has 6 heteroatoms. The second-order valence-electron chi connectivity index (χ2n) is 8.40. The van der Waals surface area contributed by atoms with Gasteiger partial charge in [-0.1, -0.05) is 43.3 Å². The van der Waals surface area contributed by atoms with E-state index in [0.29, 0.717) is 11.3 Å². The van der Waals surface area contributed by atoms with Crippen LogP contribution in [0.1, 0.15) is 35.0 Å². The number of nitrogens with zero attached hydrogens (tertiary/aromatic N) is 1. The summed E-state index contributed by atoms with van der Waals surface area (Å²) in [6.45, 7) is 4.45. The van der Waals surface area contributed by atoms with E-state index in [2.05, 4.69) is 34.6 Å². The highest BCUT2D eigenvalue weighted by atomic mass is 32.1. The van der Waals surface area contributed by atoms with Gasteiger partial charge in [-0.05, 0) is 60.0 Å². The van der Waals surface area contributed by atoms with Gasteiger partial charge in [0, 0.05) is 30.9 Å². The van der Waals surface area contributed by atoms with Crippen LogP contribution in [0.2, 0.25) is 0 Å². The Balaban J connectivity index is 1.43. The number of thiophene rings is 1. The van der Waals surface area contributed by atoms with Crippen LogP contribution in [0, 0.1) is 5.92 Å². The Kier molecular flexibility index (Phi) is 7.22. The SMILES string of the molecule is CC1CCN(c2ccc(NC(=O)[C@H](Cc3ccccc3)NC(=O)c3cccs3)cc2)CC1. The van der Waals surface area contributed by atoms with Crippen molar-refractivity contribution in [1.29, 1.82) is 0 Å². The maximum absolute atomic E-state index is 13.1. The van der Waals surface area contributed by atoms with Gasteiger partial charge in [-0.25, -0.2) is 0 Å². The third-order valence-electron chi connectivity index (χ3n) is 5.93. The van der Waals surface area contributed by atoms with Crippen LogP contribution >= 0.6 is 11.3 Å². The number of hydrogen-bond acceptors (Lipinski definition) is 4. The number of nitrogens with one attached hydrogen (secondary N) is 2. The van der Waals surface area contributed by atoms with E-state index in [-0.39, 0.29) is 11.8 Å². The normalized spacial score (nSPS) is 15.2. The van der Waals surface area contributed by atoms with E-state index in [4.69, 9.17) is 0 Å². The Morgan fingerprint density at radius 3 is 2.38 bits per heavy atom. The van der Waals surface area contributed by atoms with Crippen molar-refractivity contribution in [3.8, 4) is 0 Å². The fourth-order valence-corrected chi connectivity index (χ4v) is 4.57. The summed E-state index contributed by atoms with van der Waals surface area (Å²) in [5.41, 5.74) is 2.91. The first kappa shape index (κ1) is 22.1. The third-order valence-corrected chi connectivity index (χ3v) is 6.80. The summed E-state index contributed by atoms with van der Waals surface area (Å²) in [5, 5.41) is 7.74. The third kappa shape index (κ3) is 5.77. The number of carbonyl (C=O) groups excluding carboxylic acids is 2. The van der Waals surface area contributed by atoms with E-state index in [1.165, 1.54) is 29.9 Å². The van der Waals surface area contributed by atoms with Gasteiger partial charge in [0.15, 0.2) is 0 Å². The van der Waals surface area contributed by atoms with Crippen LogP contribution in [0.4, 0.5) is 11.4 Å². The topological polar surface area (TPSA) is 61.4 Å². The van der Waals surface area contributed by atoms with Crippen LogP contribution in [0.25, 0.3) is 0 Å². The fraction of sp³-hybridized carbons (Fsp3) is 0.308. The van der Waals surface area contributed by atoms with E-state index in [1.807, 2.05) is 53.9 Å². The second kappa shape index (κ2) is 10.5. The Morgan fingerprint density at radius 1 is 1.00 bits per heavy atom. The molecule has 1 aliphatic heterocycles.